The summed E-state index contributed by atoms with van der Waals surface area (Å²) in [4.78, 5) is 155. The molecule has 0 saturated carbocycles. The molecule has 4 N–H and O–H groups in total. The molecule has 4 amide bonds. The monoisotopic (exact) mass is 1800 g/mol. The lowest BCUT2D eigenvalue weighted by molar-refractivity contribution is -0.255. The van der Waals surface area contributed by atoms with Crippen LogP contribution in [0.3, 0.4) is 0 Å². The molecule has 17 atom stereocenters. The van der Waals surface area contributed by atoms with Gasteiger partial charge in [0.1, 0.15) is 48.7 Å². The number of β-amino-alcohol motifs (C(OH)–C–C–N with tert-alkyl or cyclic N) is 1. The SMILES string of the molecule is CC[C@@H]1C[C@@H](O)CN1C(=O)CCCSSCCNC(=O)CCCCC(=O)CC(COCCC(=O)CCCCCC(=O)CCCCOC1OC(COC(C)=O)C(C)C(C)C1C)(COCCC(=O)CCCCCC(=O)CCCCOC1OC(COC(C)=O)C(C)C(C)C1C)COCCC(=O)NCCCNC(=O)CCCCOC1OC(COC(C)=O)C(C)C(C)C1C. The Balaban J connectivity index is 1.29. The van der Waals surface area contributed by atoms with Crippen LogP contribution in [0.25, 0.3) is 0 Å². The maximum atomic E-state index is 14.2. The molecule has 4 aliphatic heterocycles. The smallest absolute Gasteiger partial charge is 0.302 e. The first kappa shape index (κ1) is 111. The van der Waals surface area contributed by atoms with Crippen LogP contribution in [0.5, 0.6) is 0 Å². The van der Waals surface area contributed by atoms with Gasteiger partial charge in [-0.1, -0.05) is 104 Å². The van der Waals surface area contributed by atoms with Crippen molar-refractivity contribution in [3.8, 4) is 0 Å². The average molecular weight is 1800 g/mol. The Kier molecular flexibility index (Phi) is 58.0. The molecule has 4 rings (SSSR count). The van der Waals surface area contributed by atoms with Gasteiger partial charge >= 0.3 is 17.9 Å². The van der Waals surface area contributed by atoms with Crippen molar-refractivity contribution in [2.75, 3.05) is 117 Å². The molecule has 0 aromatic heterocycles. The first-order valence-electron chi connectivity index (χ1n) is 46.9. The van der Waals surface area contributed by atoms with E-state index in [9.17, 15) is 62.6 Å². The van der Waals surface area contributed by atoms with E-state index in [1.807, 2.05) is 11.8 Å². The number of ketones is 5. The summed E-state index contributed by atoms with van der Waals surface area (Å²) in [5, 5.41) is 18.8. The van der Waals surface area contributed by atoms with Gasteiger partial charge in [-0.2, -0.15) is 0 Å². The maximum absolute atomic E-state index is 14.2. The van der Waals surface area contributed by atoms with E-state index in [0.717, 1.165) is 18.6 Å². The van der Waals surface area contributed by atoms with Crippen molar-refractivity contribution < 1.29 is 119 Å². The summed E-state index contributed by atoms with van der Waals surface area (Å²) in [5.74, 6) is 1.97. The number of nitrogens with one attached hydrogen (secondary N) is 3. The number of aliphatic hydroxyl groups is 1. The number of esters is 3. The van der Waals surface area contributed by atoms with Crippen molar-refractivity contribution >= 4 is 92.0 Å². The standard InChI is InChI=1S/C93H160N4O25S2/c1-14-76-55-82(106)57-97(76)89(110)40-29-53-123-124-54-46-96-87(108)38-22-21-37-81(105)56-93(61-111-50-41-79(103)33-19-15-17-31-77(101)35-23-26-47-114-90-70(8)64(2)67(5)83(120-90)58-117-73(11)98,62-112-51-42-80(104)34-20-16-18-32-78(102)36-24-27-48-115-91-71(9)65(3)68(6)84(121-91)59-118-74(12)99)63-113-52-43-88(109)95-45-30-44-94-86(107)39-25-28-49-116-92-72(10)66(4)69(7)85(122-92)60-119-75(13)100/h64-72,76,82-85,90-92,106H,14-63H2,1-13H3,(H,94,107)(H,95,109)(H,96,108)/t64?,65?,66?,67?,68?,69?,70?,71?,72?,76-,82-,83?,84?,85?,90?,91?,92?,93?/m1/s1. The Morgan fingerprint density at radius 1 is 0.371 bits per heavy atom. The zero-order chi connectivity index (χ0) is 91.2. The van der Waals surface area contributed by atoms with Gasteiger partial charge in [0.15, 0.2) is 18.9 Å². The number of hydrogen-bond acceptors (Lipinski definition) is 27. The van der Waals surface area contributed by atoms with Gasteiger partial charge in [0.25, 0.3) is 0 Å². The van der Waals surface area contributed by atoms with E-state index in [1.165, 1.54) is 20.8 Å². The summed E-state index contributed by atoms with van der Waals surface area (Å²) in [6.45, 7) is 28.4. The molecular weight excluding hydrogens is 1640 g/mol. The topological polar surface area (TPSA) is 375 Å². The fourth-order valence-corrected chi connectivity index (χ4v) is 18.1. The molecule has 4 fully saturated rings. The summed E-state index contributed by atoms with van der Waals surface area (Å²) < 4.78 is 71.6. The summed E-state index contributed by atoms with van der Waals surface area (Å²) in [7, 11) is 3.28. The van der Waals surface area contributed by atoms with Gasteiger partial charge in [-0.15, -0.1) is 0 Å². The van der Waals surface area contributed by atoms with Crippen molar-refractivity contribution in [2.24, 2.45) is 58.7 Å². The Bertz CT molecular complexity index is 2870. The number of Topliss-reactive ketones (excluding diaryl/α,β-unsaturated/α-hetero) is 5. The van der Waals surface area contributed by atoms with Crippen LogP contribution < -0.4 is 16.0 Å². The molecule has 0 aliphatic carbocycles. The molecule has 29 nitrogen and oxygen atoms in total. The van der Waals surface area contributed by atoms with Gasteiger partial charge in [0.05, 0.1) is 64.1 Å². The number of likely N-dealkylation sites (tertiary alicyclic amines) is 1. The highest BCUT2D eigenvalue weighted by molar-refractivity contribution is 8.76. The van der Waals surface area contributed by atoms with Gasteiger partial charge in [-0.05, 0) is 138 Å². The van der Waals surface area contributed by atoms with Gasteiger partial charge in [-0.25, -0.2) is 0 Å². The molecule has 714 valence electrons. The molecular formula is C93H160N4O25S2. The van der Waals surface area contributed by atoms with E-state index in [2.05, 4.69) is 78.3 Å². The second-order valence-corrected chi connectivity index (χ2v) is 38.2. The van der Waals surface area contributed by atoms with E-state index in [0.29, 0.717) is 218 Å². The second-order valence-electron chi connectivity index (χ2n) is 35.5. The van der Waals surface area contributed by atoms with Crippen LogP contribution in [-0.2, 0) is 114 Å². The number of unbranched alkanes of at least 4 members (excludes halogenated alkanes) is 8. The molecule has 15 unspecified atom stereocenters. The second kappa shape index (κ2) is 64.7. The van der Waals surface area contributed by atoms with E-state index in [4.69, 9.17) is 56.8 Å². The number of carbonyl (C=O) groups is 12. The molecule has 0 aromatic rings. The minimum atomic E-state index is -1.12. The first-order chi connectivity index (χ1) is 59.3. The summed E-state index contributed by atoms with van der Waals surface area (Å²) >= 11 is 0. The van der Waals surface area contributed by atoms with Gasteiger partial charge in [-0.3, -0.25) is 57.5 Å². The number of nitrogens with zero attached hydrogens (tertiary/aromatic N) is 1. The van der Waals surface area contributed by atoms with E-state index in [-0.39, 0.29) is 234 Å². The number of hydrogen-bond donors (Lipinski definition) is 4. The number of aliphatic hydroxyl groups excluding tert-OH is 1. The fourth-order valence-electron chi connectivity index (χ4n) is 16.1. The van der Waals surface area contributed by atoms with Crippen molar-refractivity contribution in [2.45, 2.75) is 345 Å². The van der Waals surface area contributed by atoms with Crippen LogP contribution in [0.1, 0.15) is 295 Å². The molecule has 0 spiro atoms. The summed E-state index contributed by atoms with van der Waals surface area (Å²) in [5.41, 5.74) is -1.12. The molecule has 124 heavy (non-hydrogen) atoms. The Morgan fingerprint density at radius 3 is 1.11 bits per heavy atom. The average Bonchev–Trinajstić information content (AvgIpc) is 0.988. The first-order valence-corrected chi connectivity index (χ1v) is 49.4. The number of rotatable bonds is 71. The largest absolute Gasteiger partial charge is 0.463 e. The predicted molar refractivity (Wildman–Crippen MR) is 475 cm³/mol. The van der Waals surface area contributed by atoms with Crippen LogP contribution >= 0.6 is 21.6 Å². The minimum absolute atomic E-state index is 0.0158. The molecule has 4 heterocycles. The number of ether oxygens (including phenoxy) is 12. The van der Waals surface area contributed by atoms with E-state index in [1.54, 1.807) is 21.6 Å². The van der Waals surface area contributed by atoms with Crippen molar-refractivity contribution in [3.63, 3.8) is 0 Å². The van der Waals surface area contributed by atoms with Crippen LogP contribution in [0, 0.1) is 58.7 Å². The Labute approximate surface area is 748 Å². The third kappa shape index (κ3) is 47.0. The van der Waals surface area contributed by atoms with Crippen molar-refractivity contribution in [1.29, 1.82) is 0 Å². The normalized spacial score (nSPS) is 24.9. The van der Waals surface area contributed by atoms with Crippen LogP contribution in [0.15, 0.2) is 0 Å². The minimum Gasteiger partial charge on any atom is -0.463 e. The lowest BCUT2D eigenvalue weighted by atomic mass is 9.79. The van der Waals surface area contributed by atoms with Crippen LogP contribution in [0.2, 0.25) is 0 Å². The van der Waals surface area contributed by atoms with Gasteiger partial charge < -0.3 is 82.8 Å². The zero-order valence-corrected chi connectivity index (χ0v) is 79.3. The maximum Gasteiger partial charge on any atom is 0.302 e. The summed E-state index contributed by atoms with van der Waals surface area (Å²) in [6, 6.07) is 0.0932. The highest BCUT2D eigenvalue weighted by Crippen LogP contribution is 2.39. The molecule has 0 bridgehead atoms. The van der Waals surface area contributed by atoms with Crippen molar-refractivity contribution in [1.82, 2.24) is 20.9 Å². The van der Waals surface area contributed by atoms with Gasteiger partial charge in [0, 0.05) is 197 Å². The molecule has 31 heteroatoms. The highest BCUT2D eigenvalue weighted by atomic mass is 33.1. The molecule has 4 saturated heterocycles. The number of amides is 4. The molecule has 0 radical (unpaired) electrons. The third-order valence-corrected chi connectivity index (χ3v) is 27.8. The highest BCUT2D eigenvalue weighted by Gasteiger charge is 2.44. The molecule has 4 aliphatic rings. The van der Waals surface area contributed by atoms with Crippen molar-refractivity contribution in [3.05, 3.63) is 0 Å². The quantitative estimate of drug-likeness (QED) is 0.0190. The van der Waals surface area contributed by atoms with E-state index < -0.39 is 30.4 Å². The zero-order valence-electron chi connectivity index (χ0n) is 77.7. The van der Waals surface area contributed by atoms with Crippen LogP contribution in [-0.4, -0.2) is 247 Å². The Morgan fingerprint density at radius 2 is 0.710 bits per heavy atom. The summed E-state index contributed by atoms with van der Waals surface area (Å²) in [6.07, 6.45) is 12.4. The molecule has 0 aromatic carbocycles. The lowest BCUT2D eigenvalue weighted by Crippen LogP contribution is -2.47. The predicted octanol–water partition coefficient (Wildman–Crippen LogP) is 13.3. The number of carbonyl (C=O) groups excluding carboxylic acids is 12. The van der Waals surface area contributed by atoms with Gasteiger partial charge in [0.2, 0.25) is 23.6 Å². The fraction of sp³-hybridized carbons (Fsp3) is 0.871. The van der Waals surface area contributed by atoms with Crippen LogP contribution in [0.4, 0.5) is 0 Å². The third-order valence-electron chi connectivity index (χ3n) is 25.3. The van der Waals surface area contributed by atoms with E-state index >= 15 is 0 Å². The Hall–Kier alpha value is -5.06. The lowest BCUT2D eigenvalue weighted by Gasteiger charge is -2.43.